The Morgan fingerprint density at radius 3 is 1.00 bits per heavy atom. The van der Waals surface area contributed by atoms with Crippen LogP contribution in [0.4, 0.5) is 0 Å². The van der Waals surface area contributed by atoms with Crippen molar-refractivity contribution in [1.82, 2.24) is 0 Å². The number of unbranched alkanes of at least 4 members (excludes halogenated alkanes) is 22. The molecule has 6 heteroatoms. The van der Waals surface area contributed by atoms with E-state index in [1.165, 1.54) is 141 Å². The molecule has 0 N–H and O–H groups in total. The summed E-state index contributed by atoms with van der Waals surface area (Å²) >= 11 is 0. The summed E-state index contributed by atoms with van der Waals surface area (Å²) in [7, 11) is -4.33. The second-order valence-electron chi connectivity index (χ2n) is 13.1. The Hall–Kier alpha value is 1.31. The molecule has 0 rings (SSSR count). The maximum atomic E-state index is 13.7. The van der Waals surface area contributed by atoms with Crippen molar-refractivity contribution in [3.63, 3.8) is 0 Å². The first-order chi connectivity index (χ1) is 18.8. The predicted octanol–water partition coefficient (Wildman–Crippen LogP) is 10.3. The maximum Gasteiger partial charge on any atom is 0.367 e. The molecule has 0 unspecified atom stereocenters. The molecule has 0 aromatic rings. The summed E-state index contributed by atoms with van der Waals surface area (Å²) in [6.07, 6.45) is 31.8. The van der Waals surface area contributed by atoms with Gasteiger partial charge in [-0.2, -0.15) is 0 Å². The number of hydrogen-bond acceptors (Lipinski definition) is 3. The van der Waals surface area contributed by atoms with Gasteiger partial charge in [0.15, 0.2) is 5.90 Å². The van der Waals surface area contributed by atoms with E-state index in [2.05, 4.69) is 41.0 Å². The van der Waals surface area contributed by atoms with E-state index in [1.54, 1.807) is 0 Å². The Labute approximate surface area is 271 Å². The molecule has 0 aromatic carbocycles. The van der Waals surface area contributed by atoms with Crippen LogP contribution in [0.15, 0.2) is 0 Å². The predicted molar refractivity (Wildman–Crippen MR) is 180 cm³/mol. The second kappa shape index (κ2) is 30.3. The first kappa shape index (κ1) is 43.4. The highest BCUT2D eigenvalue weighted by Crippen LogP contribution is 2.68. The van der Waals surface area contributed by atoms with Gasteiger partial charge >= 0.3 is 7.60 Å². The van der Waals surface area contributed by atoms with Crippen LogP contribution in [0.3, 0.4) is 0 Å². The fraction of sp³-hybridized carbons (Fsp3) is 1.00. The molecule has 0 heterocycles. The van der Waals surface area contributed by atoms with E-state index in [-0.39, 0.29) is 24.0 Å². The van der Waals surface area contributed by atoms with Crippen LogP contribution in [0.2, 0.25) is 0 Å². The Kier molecular flexibility index (Phi) is 32.9. The van der Waals surface area contributed by atoms with Crippen LogP contribution >= 0.6 is 14.9 Å². The molecule has 3 nitrogen and oxygen atoms in total. The summed E-state index contributed by atoms with van der Waals surface area (Å²) in [5.74, 6) is 0.633. The molecule has 0 spiro atoms. The highest BCUT2D eigenvalue weighted by Gasteiger charge is 2.41. The summed E-state index contributed by atoms with van der Waals surface area (Å²) < 4.78 is 25.9. The molecular formula is C34H73IO3P2. The van der Waals surface area contributed by atoms with Gasteiger partial charge in [0.2, 0.25) is 0 Å². The zero-order valence-corrected chi connectivity index (χ0v) is 32.1. The highest BCUT2D eigenvalue weighted by molar-refractivity contribution is 7.84. The summed E-state index contributed by atoms with van der Waals surface area (Å²) in [6, 6.07) is 0. The van der Waals surface area contributed by atoms with Crippen molar-refractivity contribution >= 4 is 14.9 Å². The fourth-order valence-electron chi connectivity index (χ4n) is 5.02. The van der Waals surface area contributed by atoms with Gasteiger partial charge in [-0.05, 0) is 26.7 Å². The number of halogens is 1. The summed E-state index contributed by atoms with van der Waals surface area (Å²) in [5.41, 5.74) is 0.552. The molecule has 0 aliphatic heterocycles. The van der Waals surface area contributed by atoms with E-state index in [4.69, 9.17) is 9.05 Å². The average molecular weight is 719 g/mol. The van der Waals surface area contributed by atoms with Crippen LogP contribution in [0.1, 0.15) is 182 Å². The minimum atomic E-state index is -3.01. The Morgan fingerprint density at radius 2 is 0.750 bits per heavy atom. The SMILES string of the molecule is CCCCCCCCCCCCCCOP(=O)(C[P+](C)(C)C(C)C)OCCCCCCCCCCCCCC.[I-]. The van der Waals surface area contributed by atoms with Crippen molar-refractivity contribution in [2.75, 3.05) is 32.4 Å². The van der Waals surface area contributed by atoms with E-state index in [9.17, 15) is 4.57 Å². The van der Waals surface area contributed by atoms with Crippen LogP contribution in [0.5, 0.6) is 0 Å². The lowest BCUT2D eigenvalue weighted by molar-refractivity contribution is -0.0000137. The van der Waals surface area contributed by atoms with E-state index in [0.717, 1.165) is 12.8 Å². The van der Waals surface area contributed by atoms with Crippen molar-refractivity contribution < 1.29 is 37.6 Å². The smallest absolute Gasteiger partial charge is 0.367 e. The number of rotatable bonds is 31. The topological polar surface area (TPSA) is 35.5 Å². The molecule has 0 radical (unpaired) electrons. The van der Waals surface area contributed by atoms with Gasteiger partial charge < -0.3 is 33.0 Å². The van der Waals surface area contributed by atoms with Crippen LogP contribution in [-0.4, -0.2) is 38.1 Å². The first-order valence-corrected chi connectivity index (χ1v) is 22.1. The molecule has 0 fully saturated rings. The third-order valence-corrected chi connectivity index (χ3v) is 16.8. The van der Waals surface area contributed by atoms with Crippen LogP contribution in [-0.2, 0) is 13.6 Å². The Morgan fingerprint density at radius 1 is 0.500 bits per heavy atom. The van der Waals surface area contributed by atoms with Crippen LogP contribution < -0.4 is 24.0 Å². The normalized spacial score (nSPS) is 12.3. The van der Waals surface area contributed by atoms with E-state index < -0.39 is 14.9 Å². The van der Waals surface area contributed by atoms with E-state index >= 15 is 0 Å². The summed E-state index contributed by atoms with van der Waals surface area (Å²) in [6.45, 7) is 14.9. The van der Waals surface area contributed by atoms with Crippen molar-refractivity contribution in [3.05, 3.63) is 0 Å². The van der Waals surface area contributed by atoms with E-state index in [0.29, 0.717) is 24.8 Å². The van der Waals surface area contributed by atoms with Gasteiger partial charge in [0.25, 0.3) is 0 Å². The van der Waals surface area contributed by atoms with Crippen LogP contribution in [0.25, 0.3) is 0 Å². The zero-order chi connectivity index (χ0) is 29.1. The molecule has 0 aromatic heterocycles. The van der Waals surface area contributed by atoms with Crippen molar-refractivity contribution in [2.24, 2.45) is 0 Å². The van der Waals surface area contributed by atoms with Crippen molar-refractivity contribution in [3.8, 4) is 0 Å². The molecule has 0 saturated heterocycles. The summed E-state index contributed by atoms with van der Waals surface area (Å²) in [4.78, 5) is 0. The standard InChI is InChI=1S/C34H73O3P2.HI/c1-7-9-11-13-15-17-19-21-23-25-27-29-31-36-39(35,33-38(5,6)34(3)4)37-32-30-28-26-24-22-20-18-16-14-12-10-8-2;/h34H,7-33H2,1-6H3;1H/q+1;/p-1. The molecule has 0 atom stereocenters. The lowest BCUT2D eigenvalue weighted by Crippen LogP contribution is -3.00. The monoisotopic (exact) mass is 718 g/mol. The third-order valence-electron chi connectivity index (χ3n) is 8.51. The van der Waals surface area contributed by atoms with Crippen molar-refractivity contribution in [1.29, 1.82) is 0 Å². The second-order valence-corrected chi connectivity index (χ2v) is 20.5. The zero-order valence-electron chi connectivity index (χ0n) is 28.2. The molecule has 0 saturated carbocycles. The Balaban J connectivity index is 0. The average Bonchev–Trinajstić information content (AvgIpc) is 2.89. The molecular weight excluding hydrogens is 645 g/mol. The first-order valence-electron chi connectivity index (χ1n) is 17.5. The third kappa shape index (κ3) is 28.1. The molecule has 0 aliphatic rings. The summed E-state index contributed by atoms with van der Waals surface area (Å²) in [5, 5.41) is 0. The lowest BCUT2D eigenvalue weighted by Gasteiger charge is -2.27. The van der Waals surface area contributed by atoms with Gasteiger partial charge in [-0.3, -0.25) is 4.57 Å². The van der Waals surface area contributed by atoms with E-state index in [1.807, 2.05) is 0 Å². The van der Waals surface area contributed by atoms with Gasteiger partial charge in [0.05, 0.1) is 18.9 Å². The van der Waals surface area contributed by atoms with Gasteiger partial charge in [0.1, 0.15) is 0 Å². The van der Waals surface area contributed by atoms with Crippen molar-refractivity contribution in [2.45, 2.75) is 187 Å². The van der Waals surface area contributed by atoms with Gasteiger partial charge in [-0.15, -0.1) is 0 Å². The number of hydrogen-bond donors (Lipinski definition) is 0. The largest absolute Gasteiger partial charge is 1.00 e. The minimum Gasteiger partial charge on any atom is -1.00 e. The molecule has 0 bridgehead atoms. The minimum absolute atomic E-state index is 0. The lowest BCUT2D eigenvalue weighted by atomic mass is 10.1. The molecule has 244 valence electrons. The molecule has 0 aliphatic carbocycles. The van der Waals surface area contributed by atoms with Gasteiger partial charge in [-0.1, -0.05) is 155 Å². The maximum absolute atomic E-state index is 13.7. The van der Waals surface area contributed by atoms with Gasteiger partial charge in [0, 0.05) is 20.6 Å². The quantitative estimate of drug-likeness (QED) is 0.0407. The van der Waals surface area contributed by atoms with Gasteiger partial charge in [-0.25, -0.2) is 0 Å². The molecule has 40 heavy (non-hydrogen) atoms. The van der Waals surface area contributed by atoms with Crippen LogP contribution in [0, 0.1) is 0 Å². The molecule has 0 amide bonds. The Bertz CT molecular complexity index is 523. The fourth-order valence-corrected chi connectivity index (χ4v) is 11.4. The highest BCUT2D eigenvalue weighted by atomic mass is 127.